The first kappa shape index (κ1) is 34.4. The largest absolute Gasteiger partial charge is 0.0856 e. The van der Waals surface area contributed by atoms with Crippen molar-refractivity contribution in [1.82, 2.24) is 0 Å². The second-order valence-corrected chi connectivity index (χ2v) is 11.0. The molecule has 40 heavy (non-hydrogen) atoms. The Balaban J connectivity index is 2.58. The van der Waals surface area contributed by atoms with Crippen LogP contribution in [0.25, 0.3) is 6.08 Å². The van der Waals surface area contributed by atoms with Crippen molar-refractivity contribution < 1.29 is 0 Å². The third-order valence-electron chi connectivity index (χ3n) is 6.72. The van der Waals surface area contributed by atoms with Gasteiger partial charge in [-0.2, -0.15) is 0 Å². The molecule has 1 rings (SSSR count). The summed E-state index contributed by atoms with van der Waals surface area (Å²) in [5, 5.41) is 0. The summed E-state index contributed by atoms with van der Waals surface area (Å²) in [6, 6.07) is 4.40. The Hall–Kier alpha value is -3.64. The van der Waals surface area contributed by atoms with Gasteiger partial charge in [0, 0.05) is 0 Å². The summed E-state index contributed by atoms with van der Waals surface area (Å²) in [4.78, 5) is 0. The van der Waals surface area contributed by atoms with Crippen LogP contribution in [0.4, 0.5) is 0 Å². The minimum absolute atomic E-state index is 1.11. The van der Waals surface area contributed by atoms with E-state index in [-0.39, 0.29) is 0 Å². The molecule has 212 valence electrons. The molecule has 0 saturated carbocycles. The number of aryl methyl sites for hydroxylation is 1. The van der Waals surface area contributed by atoms with Gasteiger partial charge in [-0.05, 0) is 104 Å². The van der Waals surface area contributed by atoms with Crippen LogP contribution in [0.3, 0.4) is 0 Å². The molecular weight excluding hydrogens is 480 g/mol. The first-order valence-electron chi connectivity index (χ1n) is 14.4. The van der Waals surface area contributed by atoms with E-state index in [1.807, 2.05) is 0 Å². The molecule has 0 saturated heterocycles. The van der Waals surface area contributed by atoms with Gasteiger partial charge in [-0.3, -0.25) is 0 Å². The SMILES string of the molecule is CC(C)=CCC/C(C)=C/C=C/C(C)=C/C=C/C(C)=C/C=C/C=C(C)/C=C/C=C(C)/C=C/c1ccc(C)c(C)c1C. The van der Waals surface area contributed by atoms with Crippen LogP contribution in [0.2, 0.25) is 0 Å². The van der Waals surface area contributed by atoms with E-state index < -0.39 is 0 Å². The van der Waals surface area contributed by atoms with Crippen LogP contribution in [-0.2, 0) is 0 Å². The zero-order chi connectivity index (χ0) is 29.9. The third-order valence-corrected chi connectivity index (χ3v) is 6.72. The number of benzene rings is 1. The molecule has 0 N–H and O–H groups in total. The molecular formula is C40H52. The van der Waals surface area contributed by atoms with Crippen LogP contribution in [-0.4, -0.2) is 0 Å². The highest BCUT2D eigenvalue weighted by molar-refractivity contribution is 5.59. The lowest BCUT2D eigenvalue weighted by molar-refractivity contribution is 0.967. The van der Waals surface area contributed by atoms with Crippen molar-refractivity contribution in [2.24, 2.45) is 0 Å². The van der Waals surface area contributed by atoms with E-state index in [1.165, 1.54) is 55.7 Å². The Bertz CT molecular complexity index is 1290. The molecule has 0 aliphatic carbocycles. The molecule has 0 radical (unpaired) electrons. The number of hydrogen-bond acceptors (Lipinski definition) is 0. The van der Waals surface area contributed by atoms with Crippen molar-refractivity contribution >= 4 is 6.08 Å². The highest BCUT2D eigenvalue weighted by Crippen LogP contribution is 2.19. The van der Waals surface area contributed by atoms with Crippen LogP contribution in [0, 0.1) is 20.8 Å². The van der Waals surface area contributed by atoms with Gasteiger partial charge in [-0.25, -0.2) is 0 Å². The molecule has 0 aromatic heterocycles. The zero-order valence-corrected chi connectivity index (χ0v) is 26.8. The predicted molar refractivity (Wildman–Crippen MR) is 184 cm³/mol. The van der Waals surface area contributed by atoms with Gasteiger partial charge in [0.05, 0.1) is 0 Å². The van der Waals surface area contributed by atoms with Gasteiger partial charge in [0.1, 0.15) is 0 Å². The van der Waals surface area contributed by atoms with Gasteiger partial charge in [-0.15, -0.1) is 0 Å². The summed E-state index contributed by atoms with van der Waals surface area (Å²) in [6.07, 6.45) is 36.7. The van der Waals surface area contributed by atoms with E-state index >= 15 is 0 Å². The van der Waals surface area contributed by atoms with Crippen LogP contribution in [0.5, 0.6) is 0 Å². The molecule has 0 fully saturated rings. The average Bonchev–Trinajstić information content (AvgIpc) is 2.89. The maximum Gasteiger partial charge on any atom is -0.0224 e. The molecule has 0 amide bonds. The molecule has 0 spiro atoms. The van der Waals surface area contributed by atoms with Crippen molar-refractivity contribution in [2.75, 3.05) is 0 Å². The highest BCUT2D eigenvalue weighted by atomic mass is 14.1. The van der Waals surface area contributed by atoms with E-state index in [9.17, 15) is 0 Å². The number of rotatable bonds is 13. The molecule has 0 nitrogen and oxygen atoms in total. The van der Waals surface area contributed by atoms with E-state index in [1.54, 1.807) is 0 Å². The molecule has 0 heterocycles. The van der Waals surface area contributed by atoms with Gasteiger partial charge in [0.25, 0.3) is 0 Å². The lowest BCUT2D eigenvalue weighted by Crippen LogP contribution is -1.89. The van der Waals surface area contributed by atoms with Crippen molar-refractivity contribution in [1.29, 1.82) is 0 Å². The zero-order valence-electron chi connectivity index (χ0n) is 26.8. The van der Waals surface area contributed by atoms with Crippen molar-refractivity contribution in [3.63, 3.8) is 0 Å². The van der Waals surface area contributed by atoms with Gasteiger partial charge in [0.15, 0.2) is 0 Å². The second-order valence-electron chi connectivity index (χ2n) is 11.0. The maximum absolute atomic E-state index is 2.30. The molecule has 0 bridgehead atoms. The summed E-state index contributed by atoms with van der Waals surface area (Å²) in [5.41, 5.74) is 13.0. The molecule has 1 aromatic carbocycles. The van der Waals surface area contributed by atoms with Crippen LogP contribution in [0.1, 0.15) is 83.6 Å². The summed E-state index contributed by atoms with van der Waals surface area (Å²) in [5.74, 6) is 0. The Morgan fingerprint density at radius 1 is 0.550 bits per heavy atom. The number of hydrogen-bond donors (Lipinski definition) is 0. The second kappa shape index (κ2) is 19.4. The van der Waals surface area contributed by atoms with Crippen molar-refractivity contribution in [3.05, 3.63) is 159 Å². The summed E-state index contributed by atoms with van der Waals surface area (Å²) in [7, 11) is 0. The van der Waals surface area contributed by atoms with E-state index in [4.69, 9.17) is 0 Å². The van der Waals surface area contributed by atoms with E-state index in [0.717, 1.165) is 12.8 Å². The summed E-state index contributed by atoms with van der Waals surface area (Å²) in [6.45, 7) is 21.6. The monoisotopic (exact) mass is 532 g/mol. The predicted octanol–water partition coefficient (Wildman–Crippen LogP) is 12.3. The van der Waals surface area contributed by atoms with E-state index in [0.29, 0.717) is 0 Å². The molecule has 0 atom stereocenters. The minimum atomic E-state index is 1.11. The standard InChI is InChI=1S/C40H52/c1-31(2)17-13-20-34(5)23-15-25-35(6)24-14-21-32(3)18-11-12-19-33(4)22-16-26-36(7)27-29-40-30-28-37(8)38(9)39(40)10/h11-12,14-19,21-30H,13,20H2,1-10H3/b12-11+,21-14+,22-16+,25-15+,29-27+,32-18+,33-19+,34-23+,35-24+,36-26+. The van der Waals surface area contributed by atoms with E-state index in [2.05, 4.69) is 179 Å². The smallest absolute Gasteiger partial charge is 0.0224 e. The van der Waals surface area contributed by atoms with Gasteiger partial charge in [0.2, 0.25) is 0 Å². The van der Waals surface area contributed by atoms with Crippen molar-refractivity contribution in [2.45, 2.75) is 82.1 Å². The lowest BCUT2D eigenvalue weighted by atomic mass is 9.98. The molecule has 0 aliphatic rings. The lowest BCUT2D eigenvalue weighted by Gasteiger charge is -2.07. The molecule has 0 aliphatic heterocycles. The normalized spacial score (nSPS) is 14.7. The van der Waals surface area contributed by atoms with Gasteiger partial charge >= 0.3 is 0 Å². The molecule has 0 unspecified atom stereocenters. The van der Waals surface area contributed by atoms with Gasteiger partial charge in [-0.1, -0.05) is 143 Å². The van der Waals surface area contributed by atoms with Gasteiger partial charge < -0.3 is 0 Å². The highest BCUT2D eigenvalue weighted by Gasteiger charge is 2.00. The quantitative estimate of drug-likeness (QED) is 0.175. The first-order chi connectivity index (χ1) is 19.0. The van der Waals surface area contributed by atoms with Crippen molar-refractivity contribution in [3.8, 4) is 0 Å². The average molecular weight is 533 g/mol. The molecule has 1 aromatic rings. The van der Waals surface area contributed by atoms with Crippen LogP contribution < -0.4 is 0 Å². The Morgan fingerprint density at radius 3 is 1.55 bits per heavy atom. The third kappa shape index (κ3) is 15.7. The Labute approximate surface area is 246 Å². The number of allylic oxidation sites excluding steroid dienone is 21. The summed E-state index contributed by atoms with van der Waals surface area (Å²) >= 11 is 0. The topological polar surface area (TPSA) is 0 Å². The fourth-order valence-corrected chi connectivity index (χ4v) is 3.76. The Morgan fingerprint density at radius 2 is 1.02 bits per heavy atom. The summed E-state index contributed by atoms with van der Waals surface area (Å²) < 4.78 is 0. The minimum Gasteiger partial charge on any atom is -0.0856 e. The maximum atomic E-state index is 2.30. The van der Waals surface area contributed by atoms with Crippen LogP contribution in [0.15, 0.2) is 137 Å². The Kier molecular flexibility index (Phi) is 16.7. The van der Waals surface area contributed by atoms with Crippen LogP contribution >= 0.6 is 0 Å². The molecule has 0 heteroatoms. The fraction of sp³-hybridized carbons (Fsp3) is 0.300. The fourth-order valence-electron chi connectivity index (χ4n) is 3.76. The first-order valence-corrected chi connectivity index (χ1v) is 14.4.